The Labute approximate surface area is 185 Å². The Bertz CT molecular complexity index is 799. The fourth-order valence-corrected chi connectivity index (χ4v) is 6.29. The number of hydroxylamine groups is 2. The number of hydrogen-bond donors (Lipinski definition) is 0. The van der Waals surface area contributed by atoms with Crippen molar-refractivity contribution in [3.8, 4) is 0 Å². The summed E-state index contributed by atoms with van der Waals surface area (Å²) in [5, 5.41) is 1.57. The van der Waals surface area contributed by atoms with E-state index in [1.165, 1.54) is 37.7 Å². The van der Waals surface area contributed by atoms with Gasteiger partial charge in [0.2, 0.25) is 11.8 Å². The second kappa shape index (κ2) is 9.29. The number of benzene rings is 1. The number of fused-ring (bicyclic) bond motifs is 3. The van der Waals surface area contributed by atoms with Crippen LogP contribution in [-0.4, -0.2) is 60.1 Å². The quantitative estimate of drug-likeness (QED) is 0.639. The molecule has 168 valence electrons. The standard InChI is InChI=1S/C25H35N3O3/c29-24-11-8-20-6-1-2-7-23(20)27(24)14-4-13-26-21-9-10-22(26)18-19(17-21)5-3-15-28-25(30)12-16-31-28/h1-2,6-7,19,21-22H,3-5,8-18H2/t21-,22-/m0/s1. The van der Waals surface area contributed by atoms with E-state index in [9.17, 15) is 9.59 Å². The third-order valence-electron chi connectivity index (χ3n) is 7.79. The molecule has 0 N–H and O–H groups in total. The van der Waals surface area contributed by atoms with E-state index in [1.807, 2.05) is 11.0 Å². The van der Waals surface area contributed by atoms with E-state index in [0.717, 1.165) is 50.5 Å². The lowest BCUT2D eigenvalue weighted by Gasteiger charge is -2.39. The van der Waals surface area contributed by atoms with E-state index in [2.05, 4.69) is 23.1 Å². The zero-order valence-corrected chi connectivity index (χ0v) is 18.5. The first-order chi connectivity index (χ1) is 15.2. The summed E-state index contributed by atoms with van der Waals surface area (Å²) < 4.78 is 0. The number of para-hydroxylation sites is 1. The SMILES string of the molecule is O=C1CCON1CCCC1C[C@@H]2CC[C@@H](C1)N2CCCN1C(=O)CCc2ccccc21. The Morgan fingerprint density at radius 1 is 0.871 bits per heavy atom. The van der Waals surface area contributed by atoms with Crippen LogP contribution in [0.25, 0.3) is 0 Å². The molecule has 2 amide bonds. The van der Waals surface area contributed by atoms with Gasteiger partial charge in [-0.15, -0.1) is 0 Å². The first kappa shape index (κ1) is 21.0. The molecule has 4 heterocycles. The van der Waals surface area contributed by atoms with Crippen molar-refractivity contribution in [1.29, 1.82) is 0 Å². The Kier molecular flexibility index (Phi) is 6.28. The van der Waals surface area contributed by atoms with Crippen molar-refractivity contribution in [2.75, 3.05) is 31.1 Å². The number of aryl methyl sites for hydroxylation is 1. The number of amides is 2. The lowest BCUT2D eigenvalue weighted by Crippen LogP contribution is -2.44. The minimum absolute atomic E-state index is 0.143. The topological polar surface area (TPSA) is 53.1 Å². The normalized spacial score (nSPS) is 28.5. The predicted molar refractivity (Wildman–Crippen MR) is 119 cm³/mol. The van der Waals surface area contributed by atoms with E-state index >= 15 is 0 Å². The average Bonchev–Trinajstić information content (AvgIpc) is 3.28. The van der Waals surface area contributed by atoms with Gasteiger partial charge in [-0.25, -0.2) is 5.06 Å². The maximum Gasteiger partial charge on any atom is 0.248 e. The summed E-state index contributed by atoms with van der Waals surface area (Å²) in [7, 11) is 0. The van der Waals surface area contributed by atoms with E-state index in [0.29, 0.717) is 31.5 Å². The summed E-state index contributed by atoms with van der Waals surface area (Å²) in [6, 6.07) is 9.79. The Balaban J connectivity index is 1.08. The van der Waals surface area contributed by atoms with Crippen molar-refractivity contribution in [2.24, 2.45) is 5.92 Å². The number of nitrogens with zero attached hydrogens (tertiary/aromatic N) is 3. The zero-order chi connectivity index (χ0) is 21.2. The molecule has 2 bridgehead atoms. The summed E-state index contributed by atoms with van der Waals surface area (Å²) in [6.07, 6.45) is 10.6. The fraction of sp³-hybridized carbons (Fsp3) is 0.680. The van der Waals surface area contributed by atoms with Crippen LogP contribution in [0.5, 0.6) is 0 Å². The van der Waals surface area contributed by atoms with Crippen LogP contribution >= 0.6 is 0 Å². The first-order valence-electron chi connectivity index (χ1n) is 12.3. The van der Waals surface area contributed by atoms with Crippen molar-refractivity contribution in [1.82, 2.24) is 9.96 Å². The molecule has 3 fully saturated rings. The summed E-state index contributed by atoms with van der Waals surface area (Å²) in [5.41, 5.74) is 2.44. The molecule has 0 saturated carbocycles. The number of carbonyl (C=O) groups is 2. The van der Waals surface area contributed by atoms with Gasteiger partial charge in [0.05, 0.1) is 13.0 Å². The van der Waals surface area contributed by atoms with Gasteiger partial charge in [0.1, 0.15) is 0 Å². The van der Waals surface area contributed by atoms with Crippen molar-refractivity contribution < 1.29 is 14.4 Å². The van der Waals surface area contributed by atoms with Crippen LogP contribution in [0.2, 0.25) is 0 Å². The maximum atomic E-state index is 12.5. The van der Waals surface area contributed by atoms with Crippen LogP contribution in [0.3, 0.4) is 0 Å². The molecule has 31 heavy (non-hydrogen) atoms. The van der Waals surface area contributed by atoms with Gasteiger partial charge in [-0.05, 0) is 68.9 Å². The molecule has 0 aliphatic carbocycles. The summed E-state index contributed by atoms with van der Waals surface area (Å²) in [6.45, 7) is 3.24. The Morgan fingerprint density at radius 3 is 2.45 bits per heavy atom. The molecule has 1 aromatic rings. The molecule has 0 unspecified atom stereocenters. The highest BCUT2D eigenvalue weighted by molar-refractivity contribution is 5.96. The molecule has 2 atom stereocenters. The van der Waals surface area contributed by atoms with E-state index < -0.39 is 0 Å². The Hall–Kier alpha value is -1.92. The third-order valence-corrected chi connectivity index (χ3v) is 7.79. The molecule has 0 radical (unpaired) electrons. The van der Waals surface area contributed by atoms with Crippen LogP contribution in [0.1, 0.15) is 63.4 Å². The van der Waals surface area contributed by atoms with Gasteiger partial charge in [-0.2, -0.15) is 0 Å². The van der Waals surface area contributed by atoms with Crippen molar-refractivity contribution in [2.45, 2.75) is 76.3 Å². The lowest BCUT2D eigenvalue weighted by atomic mass is 9.87. The van der Waals surface area contributed by atoms with Crippen molar-refractivity contribution in [3.05, 3.63) is 29.8 Å². The van der Waals surface area contributed by atoms with Crippen LogP contribution in [-0.2, 0) is 20.8 Å². The van der Waals surface area contributed by atoms with Gasteiger partial charge in [-0.3, -0.25) is 19.3 Å². The minimum Gasteiger partial charge on any atom is -0.312 e. The highest BCUT2D eigenvalue weighted by atomic mass is 16.7. The number of carbonyl (C=O) groups excluding carboxylic acids is 2. The molecule has 6 nitrogen and oxygen atoms in total. The Morgan fingerprint density at radius 2 is 1.68 bits per heavy atom. The van der Waals surface area contributed by atoms with Gasteiger partial charge in [0, 0.05) is 43.8 Å². The smallest absolute Gasteiger partial charge is 0.248 e. The van der Waals surface area contributed by atoms with Crippen molar-refractivity contribution in [3.63, 3.8) is 0 Å². The number of piperidine rings is 1. The van der Waals surface area contributed by atoms with Crippen molar-refractivity contribution >= 4 is 17.5 Å². The highest BCUT2D eigenvalue weighted by Gasteiger charge is 2.40. The van der Waals surface area contributed by atoms with Gasteiger partial charge < -0.3 is 4.90 Å². The number of hydrogen-bond acceptors (Lipinski definition) is 4. The van der Waals surface area contributed by atoms with E-state index in [1.54, 1.807) is 5.06 Å². The second-order valence-corrected chi connectivity index (χ2v) is 9.71. The van der Waals surface area contributed by atoms with Crippen LogP contribution < -0.4 is 4.90 Å². The molecular formula is C25H35N3O3. The van der Waals surface area contributed by atoms with Crippen LogP contribution in [0.15, 0.2) is 24.3 Å². The second-order valence-electron chi connectivity index (χ2n) is 9.71. The van der Waals surface area contributed by atoms with Crippen LogP contribution in [0.4, 0.5) is 5.69 Å². The molecule has 3 saturated heterocycles. The molecule has 6 heteroatoms. The largest absolute Gasteiger partial charge is 0.312 e. The maximum absolute atomic E-state index is 12.5. The molecule has 4 aliphatic heterocycles. The molecule has 1 aromatic carbocycles. The van der Waals surface area contributed by atoms with Gasteiger partial charge >= 0.3 is 0 Å². The number of rotatable bonds is 8. The summed E-state index contributed by atoms with van der Waals surface area (Å²) >= 11 is 0. The monoisotopic (exact) mass is 425 g/mol. The zero-order valence-electron chi connectivity index (χ0n) is 18.5. The van der Waals surface area contributed by atoms with E-state index in [4.69, 9.17) is 4.84 Å². The predicted octanol–water partition coefficient (Wildman–Crippen LogP) is 3.54. The number of anilines is 1. The highest BCUT2D eigenvalue weighted by Crippen LogP contribution is 2.40. The van der Waals surface area contributed by atoms with Gasteiger partial charge in [0.15, 0.2) is 0 Å². The molecule has 4 aliphatic rings. The summed E-state index contributed by atoms with van der Waals surface area (Å²) in [4.78, 5) is 34.4. The molecule has 0 spiro atoms. The molecule has 0 aromatic heterocycles. The minimum atomic E-state index is 0.143. The third kappa shape index (κ3) is 4.51. The van der Waals surface area contributed by atoms with Gasteiger partial charge in [-0.1, -0.05) is 18.2 Å². The molecular weight excluding hydrogens is 390 g/mol. The lowest BCUT2D eigenvalue weighted by molar-refractivity contribution is -0.162. The first-order valence-corrected chi connectivity index (χ1v) is 12.3. The van der Waals surface area contributed by atoms with Crippen LogP contribution in [0, 0.1) is 5.92 Å². The van der Waals surface area contributed by atoms with Gasteiger partial charge in [0.25, 0.3) is 0 Å². The molecule has 5 rings (SSSR count). The fourth-order valence-electron chi connectivity index (χ4n) is 6.29. The average molecular weight is 426 g/mol. The summed E-state index contributed by atoms with van der Waals surface area (Å²) in [5.74, 6) is 1.20. The van der Waals surface area contributed by atoms with E-state index in [-0.39, 0.29) is 11.8 Å².